The molecule has 3 unspecified atom stereocenters. The molecule has 0 spiro atoms. The predicted octanol–water partition coefficient (Wildman–Crippen LogP) is 0.469. The number of guanidine groups is 1. The van der Waals surface area contributed by atoms with Crippen LogP contribution in [0.4, 0.5) is 10.1 Å². The van der Waals surface area contributed by atoms with Crippen LogP contribution in [0.5, 0.6) is 0 Å². The zero-order valence-electron chi connectivity index (χ0n) is 11.8. The Morgan fingerprint density at radius 3 is 3.18 bits per heavy atom. The van der Waals surface area contributed by atoms with Crippen molar-refractivity contribution < 1.29 is 18.5 Å². The molecule has 0 aliphatic carbocycles. The lowest BCUT2D eigenvalue weighted by atomic mass is 9.88. The first kappa shape index (κ1) is 15.1. The highest BCUT2D eigenvalue weighted by atomic mass is 32.2. The fraction of sp³-hybridized carbons (Fsp3) is 0.385. The first-order valence-electron chi connectivity index (χ1n) is 6.62. The van der Waals surface area contributed by atoms with Crippen LogP contribution in [0.25, 0.3) is 0 Å². The number of halogens is 1. The van der Waals surface area contributed by atoms with E-state index in [1.807, 2.05) is 0 Å². The molecule has 2 fully saturated rings. The summed E-state index contributed by atoms with van der Waals surface area (Å²) in [7, 11) is 1.51. The smallest absolute Gasteiger partial charge is 0.268 e. The van der Waals surface area contributed by atoms with Gasteiger partial charge in [-0.25, -0.2) is 4.39 Å². The summed E-state index contributed by atoms with van der Waals surface area (Å²) in [5.74, 6) is -0.568. The standard InChI is InChI=1S/C13H15FN4O3S/c1-18-12(15)17-13(4-5-21-11(13)22(18)20)9-6-8(16-7-19)2-3-10(9)14/h2-3,6-7,11H,4-5H2,1H3,(H2,15,17)(H,16,19). The van der Waals surface area contributed by atoms with Gasteiger partial charge in [-0.2, -0.15) is 4.31 Å². The minimum atomic E-state index is -1.61. The van der Waals surface area contributed by atoms with Gasteiger partial charge in [0.2, 0.25) is 12.4 Å². The molecule has 7 nitrogen and oxygen atoms in total. The largest absolute Gasteiger partial charge is 0.591 e. The average Bonchev–Trinajstić information content (AvgIpc) is 2.92. The minimum absolute atomic E-state index is 0.0618. The van der Waals surface area contributed by atoms with E-state index in [-0.39, 0.29) is 11.5 Å². The van der Waals surface area contributed by atoms with Crippen LogP contribution in [0.3, 0.4) is 0 Å². The lowest BCUT2D eigenvalue weighted by molar-refractivity contribution is -0.105. The van der Waals surface area contributed by atoms with Crippen molar-refractivity contribution in [2.45, 2.75) is 17.4 Å². The summed E-state index contributed by atoms with van der Waals surface area (Å²) in [6.45, 7) is 0.301. The molecule has 3 N–H and O–H groups in total. The van der Waals surface area contributed by atoms with Gasteiger partial charge in [0.1, 0.15) is 22.7 Å². The Morgan fingerprint density at radius 1 is 1.68 bits per heavy atom. The maximum absolute atomic E-state index is 14.4. The van der Waals surface area contributed by atoms with Gasteiger partial charge in [0.05, 0.1) is 13.7 Å². The number of nitrogens with one attached hydrogen (secondary N) is 3. The van der Waals surface area contributed by atoms with Crippen molar-refractivity contribution in [2.75, 3.05) is 19.0 Å². The Labute approximate surface area is 129 Å². The summed E-state index contributed by atoms with van der Waals surface area (Å²) in [5, 5.41) is 13.3. The Balaban J connectivity index is 2.10. The fourth-order valence-electron chi connectivity index (χ4n) is 2.82. The van der Waals surface area contributed by atoms with E-state index in [4.69, 9.17) is 10.1 Å². The number of rotatable bonds is 3. The molecule has 1 aromatic carbocycles. The van der Waals surface area contributed by atoms with E-state index in [2.05, 4.69) is 10.6 Å². The molecule has 2 saturated heterocycles. The molecule has 0 radical (unpaired) electrons. The van der Waals surface area contributed by atoms with Crippen molar-refractivity contribution in [3.8, 4) is 0 Å². The van der Waals surface area contributed by atoms with Crippen LogP contribution in [-0.2, 0) is 26.4 Å². The van der Waals surface area contributed by atoms with Crippen LogP contribution < -0.4 is 10.6 Å². The van der Waals surface area contributed by atoms with E-state index in [9.17, 15) is 13.7 Å². The number of fused-ring (bicyclic) bond motifs is 1. The molecule has 2 heterocycles. The van der Waals surface area contributed by atoms with Gasteiger partial charge in [0, 0.05) is 17.7 Å². The normalized spacial score (nSPS) is 30.7. The van der Waals surface area contributed by atoms with Gasteiger partial charge in [-0.3, -0.25) is 10.2 Å². The van der Waals surface area contributed by atoms with Gasteiger partial charge in [-0.1, -0.05) is 0 Å². The molecule has 0 saturated carbocycles. The lowest BCUT2D eigenvalue weighted by Crippen LogP contribution is -2.65. The van der Waals surface area contributed by atoms with Gasteiger partial charge < -0.3 is 19.9 Å². The number of anilines is 1. The average molecular weight is 326 g/mol. The topological polar surface area (TPSA) is 101 Å². The number of ether oxygens (including phenoxy) is 1. The van der Waals surface area contributed by atoms with Crippen molar-refractivity contribution in [3.63, 3.8) is 0 Å². The molecule has 2 aliphatic rings. The van der Waals surface area contributed by atoms with Crippen molar-refractivity contribution in [3.05, 3.63) is 29.6 Å². The maximum atomic E-state index is 14.4. The van der Waals surface area contributed by atoms with Gasteiger partial charge in [0.15, 0.2) is 0 Å². The number of benzene rings is 1. The number of hydrogen-bond acceptors (Lipinski definition) is 4. The van der Waals surface area contributed by atoms with Crippen molar-refractivity contribution in [2.24, 2.45) is 0 Å². The third kappa shape index (κ3) is 2.13. The van der Waals surface area contributed by atoms with Crippen LogP contribution in [0, 0.1) is 11.2 Å². The molecule has 22 heavy (non-hydrogen) atoms. The summed E-state index contributed by atoms with van der Waals surface area (Å²) in [6.07, 6.45) is 0.876. The van der Waals surface area contributed by atoms with Crippen LogP contribution >= 0.6 is 0 Å². The third-order valence-electron chi connectivity index (χ3n) is 3.95. The number of amides is 1. The highest BCUT2D eigenvalue weighted by molar-refractivity contribution is 7.90. The van der Waals surface area contributed by atoms with Crippen LogP contribution in [0.1, 0.15) is 12.0 Å². The predicted molar refractivity (Wildman–Crippen MR) is 78.9 cm³/mol. The van der Waals surface area contributed by atoms with Gasteiger partial charge >= 0.3 is 0 Å². The van der Waals surface area contributed by atoms with Gasteiger partial charge in [0.25, 0.3) is 5.44 Å². The second-order valence-electron chi connectivity index (χ2n) is 5.13. The molecule has 0 aromatic heterocycles. The SMILES string of the molecule is CN1C(=N)NC2(c3cc(NC=O)ccc3F)CCOC2[S+]1[O-]. The van der Waals surface area contributed by atoms with Crippen LogP contribution in [-0.4, -0.2) is 40.3 Å². The quantitative estimate of drug-likeness (QED) is 0.554. The van der Waals surface area contributed by atoms with Gasteiger partial charge in [-0.15, -0.1) is 0 Å². The molecule has 2 aliphatic heterocycles. The second-order valence-corrected chi connectivity index (χ2v) is 6.66. The number of nitrogens with zero attached hydrogens (tertiary/aromatic N) is 1. The highest BCUT2D eigenvalue weighted by Gasteiger charge is 2.59. The lowest BCUT2D eigenvalue weighted by Gasteiger charge is -2.43. The van der Waals surface area contributed by atoms with E-state index in [1.165, 1.54) is 29.6 Å². The number of hydrogen-bond donors (Lipinski definition) is 3. The summed E-state index contributed by atoms with van der Waals surface area (Å²) in [4.78, 5) is 10.6. The van der Waals surface area contributed by atoms with Gasteiger partial charge in [-0.05, 0) is 18.2 Å². The van der Waals surface area contributed by atoms with E-state index in [1.54, 1.807) is 0 Å². The Hall–Kier alpha value is -1.84. The molecule has 1 amide bonds. The zero-order valence-corrected chi connectivity index (χ0v) is 12.6. The number of carbonyl (C=O) groups is 1. The maximum Gasteiger partial charge on any atom is 0.268 e. The Bertz CT molecular complexity index is 631. The number of carbonyl (C=O) groups excluding carboxylic acids is 1. The van der Waals surface area contributed by atoms with E-state index in [0.29, 0.717) is 25.1 Å². The summed E-state index contributed by atoms with van der Waals surface area (Å²) in [5.41, 5.74) is -1.23. The molecule has 9 heteroatoms. The summed E-state index contributed by atoms with van der Waals surface area (Å²) in [6, 6.07) is 4.15. The fourth-order valence-corrected chi connectivity index (χ4v) is 4.19. The monoisotopic (exact) mass is 326 g/mol. The van der Waals surface area contributed by atoms with E-state index < -0.39 is 28.2 Å². The molecule has 3 rings (SSSR count). The molecular weight excluding hydrogens is 311 g/mol. The Morgan fingerprint density at radius 2 is 2.45 bits per heavy atom. The van der Waals surface area contributed by atoms with Crippen LogP contribution in [0.15, 0.2) is 18.2 Å². The molecular formula is C13H15FN4O3S. The minimum Gasteiger partial charge on any atom is -0.591 e. The zero-order chi connectivity index (χ0) is 15.9. The molecule has 1 aromatic rings. The van der Waals surface area contributed by atoms with Crippen LogP contribution in [0.2, 0.25) is 0 Å². The van der Waals surface area contributed by atoms with E-state index >= 15 is 0 Å². The highest BCUT2D eigenvalue weighted by Crippen LogP contribution is 2.43. The third-order valence-corrected chi connectivity index (χ3v) is 5.58. The first-order chi connectivity index (χ1) is 10.5. The van der Waals surface area contributed by atoms with Crippen molar-refractivity contribution >= 4 is 29.4 Å². The second kappa shape index (κ2) is 5.41. The van der Waals surface area contributed by atoms with Crippen molar-refractivity contribution in [1.82, 2.24) is 9.62 Å². The van der Waals surface area contributed by atoms with E-state index in [0.717, 1.165) is 0 Å². The molecule has 118 valence electrons. The first-order valence-corrected chi connectivity index (χ1v) is 7.79. The Kier molecular flexibility index (Phi) is 3.71. The molecule has 0 bridgehead atoms. The molecule has 3 atom stereocenters. The van der Waals surface area contributed by atoms with Crippen molar-refractivity contribution in [1.29, 1.82) is 5.41 Å². The summed E-state index contributed by atoms with van der Waals surface area (Å²) >= 11 is -1.61. The summed E-state index contributed by atoms with van der Waals surface area (Å²) < 4.78 is 33.6.